The van der Waals surface area contributed by atoms with Crippen LogP contribution in [0.1, 0.15) is 41.4 Å². The van der Waals surface area contributed by atoms with Crippen molar-refractivity contribution >= 4 is 22.9 Å². The molecule has 3 nitrogen and oxygen atoms in total. The summed E-state index contributed by atoms with van der Waals surface area (Å²) in [5.41, 5.74) is 1.44. The quantitative estimate of drug-likeness (QED) is 0.906. The Balaban J connectivity index is 1.93. The number of halogens is 1. The highest BCUT2D eigenvalue weighted by Gasteiger charge is 2.32. The molecule has 2 aromatic rings. The second-order valence-corrected chi connectivity index (χ2v) is 6.25. The van der Waals surface area contributed by atoms with Crippen LogP contribution < -0.4 is 5.32 Å². The van der Waals surface area contributed by atoms with Gasteiger partial charge >= 0.3 is 0 Å². The number of amides is 1. The van der Waals surface area contributed by atoms with Crippen molar-refractivity contribution in [1.82, 2.24) is 0 Å². The summed E-state index contributed by atoms with van der Waals surface area (Å²) >= 11 is 1.56. The van der Waals surface area contributed by atoms with Crippen molar-refractivity contribution in [1.29, 1.82) is 0 Å². The van der Waals surface area contributed by atoms with E-state index in [0.717, 1.165) is 4.88 Å². The zero-order valence-electron chi connectivity index (χ0n) is 11.6. The Morgan fingerprint density at radius 1 is 1.48 bits per heavy atom. The Morgan fingerprint density at radius 2 is 2.29 bits per heavy atom. The van der Waals surface area contributed by atoms with E-state index in [1.54, 1.807) is 17.4 Å². The lowest BCUT2D eigenvalue weighted by Gasteiger charge is -2.13. The number of nitrogens with one attached hydrogen (secondary N) is 1. The van der Waals surface area contributed by atoms with Crippen molar-refractivity contribution in [2.75, 3.05) is 5.32 Å². The van der Waals surface area contributed by atoms with Gasteiger partial charge in [-0.25, -0.2) is 4.39 Å². The molecule has 0 saturated heterocycles. The van der Waals surface area contributed by atoms with Crippen LogP contribution in [0.4, 0.5) is 10.1 Å². The van der Waals surface area contributed by atoms with Crippen LogP contribution in [0.25, 0.3) is 0 Å². The molecule has 2 atom stereocenters. The maximum Gasteiger partial charge on any atom is 0.232 e. The lowest BCUT2D eigenvalue weighted by molar-refractivity contribution is -0.117. The second kappa shape index (κ2) is 5.58. The molecule has 2 unspecified atom stereocenters. The van der Waals surface area contributed by atoms with Gasteiger partial charge < -0.3 is 10.4 Å². The number of carbonyl (C=O) groups excluding carboxylic acids is 1. The fraction of sp³-hybridized carbons (Fsp3) is 0.312. The molecule has 3 rings (SSSR count). The normalized spacial score (nSPS) is 18.4. The number of rotatable bonds is 4. The molecular formula is C16H16FNO2S. The molecule has 0 aliphatic carbocycles. The summed E-state index contributed by atoms with van der Waals surface area (Å²) in [6, 6.07) is 6.93. The number of hydrogen-bond donors (Lipinski definition) is 2. The molecule has 110 valence electrons. The minimum atomic E-state index is -0.767. The van der Waals surface area contributed by atoms with E-state index >= 15 is 0 Å². The smallest absolute Gasteiger partial charge is 0.232 e. The van der Waals surface area contributed by atoms with Gasteiger partial charge in [0.15, 0.2) is 0 Å². The summed E-state index contributed by atoms with van der Waals surface area (Å²) in [6.07, 6.45) is 0.299. The number of aliphatic hydroxyl groups excluding tert-OH is 1. The van der Waals surface area contributed by atoms with Crippen LogP contribution in [0.15, 0.2) is 29.6 Å². The van der Waals surface area contributed by atoms with Gasteiger partial charge in [-0.2, -0.15) is 0 Å². The predicted molar refractivity (Wildman–Crippen MR) is 81.0 cm³/mol. The minimum Gasteiger partial charge on any atom is -0.388 e. The lowest BCUT2D eigenvalue weighted by atomic mass is 9.94. The number of carbonyl (C=O) groups is 1. The zero-order valence-corrected chi connectivity index (χ0v) is 12.4. The van der Waals surface area contributed by atoms with Crippen molar-refractivity contribution in [3.8, 4) is 0 Å². The topological polar surface area (TPSA) is 49.3 Å². The predicted octanol–water partition coefficient (Wildman–Crippen LogP) is 3.61. The van der Waals surface area contributed by atoms with E-state index in [4.69, 9.17) is 0 Å². The molecule has 1 aliphatic heterocycles. The first kappa shape index (κ1) is 14.2. The Morgan fingerprint density at radius 3 is 2.95 bits per heavy atom. The van der Waals surface area contributed by atoms with Crippen LogP contribution in [0.3, 0.4) is 0 Å². The first-order valence-corrected chi connectivity index (χ1v) is 7.82. The SMILES string of the molecule is CCC1C(=O)Nc2c(F)cc(C(O)Cc3cccs3)cc21. The van der Waals surface area contributed by atoms with E-state index in [-0.39, 0.29) is 17.5 Å². The molecule has 0 spiro atoms. The van der Waals surface area contributed by atoms with Crippen LogP contribution in [0.2, 0.25) is 0 Å². The van der Waals surface area contributed by atoms with Crippen molar-refractivity contribution in [2.45, 2.75) is 31.8 Å². The fourth-order valence-electron chi connectivity index (χ4n) is 2.74. The summed E-state index contributed by atoms with van der Waals surface area (Å²) in [5, 5.41) is 14.8. The first-order chi connectivity index (χ1) is 10.1. The molecule has 0 fully saturated rings. The number of thiophene rings is 1. The van der Waals surface area contributed by atoms with Crippen LogP contribution in [0, 0.1) is 5.82 Å². The summed E-state index contributed by atoms with van der Waals surface area (Å²) < 4.78 is 14.2. The van der Waals surface area contributed by atoms with Crippen LogP contribution >= 0.6 is 11.3 Å². The standard InChI is InChI=1S/C16H16FNO2S/c1-2-11-12-6-9(7-13(17)15(12)18-16(11)20)14(19)8-10-4-3-5-21-10/h3-7,11,14,19H,2,8H2,1H3,(H,18,20). The van der Waals surface area contributed by atoms with Gasteiger partial charge in [0.1, 0.15) is 5.82 Å². The molecule has 0 saturated carbocycles. The summed E-state index contributed by atoms with van der Waals surface area (Å²) in [4.78, 5) is 12.9. The molecule has 0 bridgehead atoms. The molecule has 1 amide bonds. The highest BCUT2D eigenvalue weighted by molar-refractivity contribution is 7.09. The molecule has 2 heterocycles. The first-order valence-electron chi connectivity index (χ1n) is 6.94. The van der Waals surface area contributed by atoms with Crippen molar-refractivity contribution in [3.63, 3.8) is 0 Å². The molecule has 1 aliphatic rings. The van der Waals surface area contributed by atoms with Crippen molar-refractivity contribution in [2.24, 2.45) is 0 Å². The molecular weight excluding hydrogens is 289 g/mol. The van der Waals surface area contributed by atoms with Crippen LogP contribution in [0.5, 0.6) is 0 Å². The number of aliphatic hydroxyl groups is 1. The summed E-state index contributed by atoms with van der Waals surface area (Å²) in [7, 11) is 0. The average molecular weight is 305 g/mol. The van der Waals surface area contributed by atoms with Gasteiger partial charge in [-0.1, -0.05) is 19.1 Å². The third-order valence-corrected chi connectivity index (χ3v) is 4.75. The highest BCUT2D eigenvalue weighted by atomic mass is 32.1. The van der Waals surface area contributed by atoms with E-state index in [9.17, 15) is 14.3 Å². The van der Waals surface area contributed by atoms with E-state index < -0.39 is 11.9 Å². The van der Waals surface area contributed by atoms with E-state index in [0.29, 0.717) is 24.0 Å². The number of fused-ring (bicyclic) bond motifs is 1. The molecule has 0 radical (unpaired) electrons. The number of benzene rings is 1. The Bertz CT molecular complexity index is 669. The van der Waals surface area contributed by atoms with Gasteiger partial charge in [0.25, 0.3) is 0 Å². The molecule has 1 aromatic heterocycles. The van der Waals surface area contributed by atoms with Gasteiger partial charge in [-0.15, -0.1) is 11.3 Å². The van der Waals surface area contributed by atoms with Gasteiger partial charge in [0, 0.05) is 11.3 Å². The van der Waals surface area contributed by atoms with Crippen molar-refractivity contribution in [3.05, 3.63) is 51.5 Å². The highest BCUT2D eigenvalue weighted by Crippen LogP contribution is 2.38. The molecule has 1 aromatic carbocycles. The zero-order chi connectivity index (χ0) is 15.0. The third-order valence-electron chi connectivity index (χ3n) is 3.85. The minimum absolute atomic E-state index is 0.170. The van der Waals surface area contributed by atoms with E-state index in [2.05, 4.69) is 5.32 Å². The monoisotopic (exact) mass is 305 g/mol. The fourth-order valence-corrected chi connectivity index (χ4v) is 3.49. The molecule has 2 N–H and O–H groups in total. The summed E-state index contributed by atoms with van der Waals surface area (Å²) in [6.45, 7) is 1.89. The Labute approximate surface area is 126 Å². The van der Waals surface area contributed by atoms with Crippen LogP contribution in [-0.2, 0) is 11.2 Å². The van der Waals surface area contributed by atoms with Crippen LogP contribution in [-0.4, -0.2) is 11.0 Å². The molecule has 21 heavy (non-hydrogen) atoms. The van der Waals surface area contributed by atoms with Gasteiger partial charge in [-0.3, -0.25) is 4.79 Å². The lowest BCUT2D eigenvalue weighted by Crippen LogP contribution is -2.10. The van der Waals surface area contributed by atoms with E-state index in [1.807, 2.05) is 24.4 Å². The second-order valence-electron chi connectivity index (χ2n) is 5.22. The largest absolute Gasteiger partial charge is 0.388 e. The van der Waals surface area contributed by atoms with Crippen molar-refractivity contribution < 1.29 is 14.3 Å². The maximum absolute atomic E-state index is 14.2. The van der Waals surface area contributed by atoms with Gasteiger partial charge in [0.05, 0.1) is 17.7 Å². The Kier molecular flexibility index (Phi) is 3.78. The maximum atomic E-state index is 14.2. The summed E-state index contributed by atoms with van der Waals surface area (Å²) in [5.74, 6) is -0.975. The van der Waals surface area contributed by atoms with E-state index in [1.165, 1.54) is 6.07 Å². The Hall–Kier alpha value is -1.72. The van der Waals surface area contributed by atoms with Gasteiger partial charge in [-0.05, 0) is 35.1 Å². The average Bonchev–Trinajstić information content (AvgIpc) is 3.05. The third kappa shape index (κ3) is 2.59. The molecule has 5 heteroatoms. The van der Waals surface area contributed by atoms with Gasteiger partial charge in [0.2, 0.25) is 5.91 Å². The number of anilines is 1. The number of hydrogen-bond acceptors (Lipinski definition) is 3.